The first-order valence-electron chi connectivity index (χ1n) is 3.96. The van der Waals surface area contributed by atoms with Crippen LogP contribution in [-0.2, 0) is 11.2 Å². The third kappa shape index (κ3) is 2.51. The molecule has 1 atom stereocenters. The average Bonchev–Trinajstić information content (AvgIpc) is 2.52. The summed E-state index contributed by atoms with van der Waals surface area (Å²) >= 11 is 0. The average molecular weight is 205 g/mol. The minimum absolute atomic E-state index is 0.0159. The molecule has 4 nitrogen and oxygen atoms in total. The van der Waals surface area contributed by atoms with Crippen LogP contribution in [0.25, 0.3) is 0 Å². The molecule has 0 saturated heterocycles. The summed E-state index contributed by atoms with van der Waals surface area (Å²) in [5.41, 5.74) is -0.461. The molecule has 1 aromatic rings. The van der Waals surface area contributed by atoms with E-state index in [0.717, 1.165) is 6.26 Å². The number of carbonyl (C=O) groups is 1. The van der Waals surface area contributed by atoms with Gasteiger partial charge in [-0.15, -0.1) is 0 Å². The Morgan fingerprint density at radius 2 is 2.36 bits per heavy atom. The number of oxazole rings is 1. The largest absolute Gasteiger partial charge is 0.481 e. The quantitative estimate of drug-likeness (QED) is 0.814. The Balaban J connectivity index is 2.64. The van der Waals surface area contributed by atoms with Gasteiger partial charge in [0.15, 0.2) is 5.89 Å². The van der Waals surface area contributed by atoms with Gasteiger partial charge in [0.25, 0.3) is 6.43 Å². The van der Waals surface area contributed by atoms with Gasteiger partial charge in [0.1, 0.15) is 12.0 Å². The molecule has 14 heavy (non-hydrogen) atoms. The summed E-state index contributed by atoms with van der Waals surface area (Å²) < 4.78 is 28.8. The lowest BCUT2D eigenvalue weighted by Gasteiger charge is -2.00. The van der Waals surface area contributed by atoms with E-state index in [4.69, 9.17) is 9.52 Å². The van der Waals surface area contributed by atoms with E-state index in [2.05, 4.69) is 4.98 Å². The van der Waals surface area contributed by atoms with Gasteiger partial charge >= 0.3 is 5.97 Å². The molecule has 0 spiro atoms. The Morgan fingerprint density at radius 1 is 1.71 bits per heavy atom. The van der Waals surface area contributed by atoms with Crippen molar-refractivity contribution in [1.82, 2.24) is 4.98 Å². The van der Waals surface area contributed by atoms with Gasteiger partial charge < -0.3 is 9.52 Å². The maximum absolute atomic E-state index is 12.0. The molecule has 6 heteroatoms. The highest BCUT2D eigenvalue weighted by molar-refractivity contribution is 5.69. The van der Waals surface area contributed by atoms with Crippen molar-refractivity contribution in [2.24, 2.45) is 5.92 Å². The van der Waals surface area contributed by atoms with Crippen molar-refractivity contribution in [3.63, 3.8) is 0 Å². The van der Waals surface area contributed by atoms with E-state index in [1.54, 1.807) is 0 Å². The van der Waals surface area contributed by atoms with E-state index in [0.29, 0.717) is 0 Å². The normalized spacial score (nSPS) is 13.1. The first-order chi connectivity index (χ1) is 6.50. The molecule has 1 N–H and O–H groups in total. The van der Waals surface area contributed by atoms with Gasteiger partial charge in [-0.25, -0.2) is 13.8 Å². The zero-order valence-corrected chi connectivity index (χ0v) is 7.41. The summed E-state index contributed by atoms with van der Waals surface area (Å²) in [6.45, 7) is 1.45. The van der Waals surface area contributed by atoms with Crippen LogP contribution in [0.4, 0.5) is 8.78 Å². The molecule has 0 aliphatic heterocycles. The summed E-state index contributed by atoms with van der Waals surface area (Å²) in [6, 6.07) is 0. The lowest BCUT2D eigenvalue weighted by molar-refractivity contribution is -0.141. The number of rotatable bonds is 4. The fourth-order valence-corrected chi connectivity index (χ4v) is 0.868. The number of carboxylic acid groups (broad SMARTS) is 1. The monoisotopic (exact) mass is 205 g/mol. The molecule has 0 saturated carbocycles. The van der Waals surface area contributed by atoms with Crippen molar-refractivity contribution in [2.75, 3.05) is 0 Å². The number of hydrogen-bond acceptors (Lipinski definition) is 3. The molecule has 0 fully saturated rings. The zero-order chi connectivity index (χ0) is 10.7. The molecule has 0 aromatic carbocycles. The molecule has 1 rings (SSSR count). The van der Waals surface area contributed by atoms with Gasteiger partial charge in [-0.1, -0.05) is 6.92 Å². The fraction of sp³-hybridized carbons (Fsp3) is 0.500. The van der Waals surface area contributed by atoms with Crippen LogP contribution in [0.15, 0.2) is 10.7 Å². The summed E-state index contributed by atoms with van der Waals surface area (Å²) in [4.78, 5) is 13.9. The molecule has 0 aliphatic carbocycles. The van der Waals surface area contributed by atoms with Crippen molar-refractivity contribution >= 4 is 5.97 Å². The van der Waals surface area contributed by atoms with Crippen LogP contribution in [0, 0.1) is 5.92 Å². The summed E-state index contributed by atoms with van der Waals surface area (Å²) in [5, 5.41) is 8.54. The van der Waals surface area contributed by atoms with Crippen molar-refractivity contribution in [1.29, 1.82) is 0 Å². The van der Waals surface area contributed by atoms with Crippen LogP contribution in [0.3, 0.4) is 0 Å². The number of nitrogens with zero attached hydrogens (tertiary/aromatic N) is 1. The van der Waals surface area contributed by atoms with Gasteiger partial charge in [0, 0.05) is 6.42 Å². The second kappa shape index (κ2) is 4.17. The summed E-state index contributed by atoms with van der Waals surface area (Å²) in [7, 11) is 0. The van der Waals surface area contributed by atoms with E-state index in [1.165, 1.54) is 6.92 Å². The lowest BCUT2D eigenvalue weighted by Crippen LogP contribution is -2.12. The molecule has 1 unspecified atom stereocenters. The SMILES string of the molecule is CC(Cc1nc(C(F)F)co1)C(=O)O. The van der Waals surface area contributed by atoms with Gasteiger partial charge in [-0.2, -0.15) is 0 Å². The van der Waals surface area contributed by atoms with Gasteiger partial charge in [-0.3, -0.25) is 4.79 Å². The van der Waals surface area contributed by atoms with Gasteiger partial charge in [-0.05, 0) is 0 Å². The predicted molar refractivity (Wildman–Crippen MR) is 42.0 cm³/mol. The number of hydrogen-bond donors (Lipinski definition) is 1. The summed E-state index contributed by atoms with van der Waals surface area (Å²) in [5.74, 6) is -1.68. The zero-order valence-electron chi connectivity index (χ0n) is 7.41. The molecule has 1 heterocycles. The number of carboxylic acids is 1. The fourth-order valence-electron chi connectivity index (χ4n) is 0.868. The molecule has 0 amide bonds. The molecule has 0 bridgehead atoms. The Bertz CT molecular complexity index is 324. The van der Waals surface area contributed by atoms with Crippen LogP contribution >= 0.6 is 0 Å². The molecular formula is C8H9F2NO3. The smallest absolute Gasteiger partial charge is 0.306 e. The third-order valence-electron chi connectivity index (χ3n) is 1.70. The molecule has 78 valence electrons. The minimum Gasteiger partial charge on any atom is -0.481 e. The van der Waals surface area contributed by atoms with Crippen LogP contribution in [0.1, 0.15) is 24.9 Å². The van der Waals surface area contributed by atoms with Crippen LogP contribution in [-0.4, -0.2) is 16.1 Å². The number of aliphatic carboxylic acids is 1. The Labute approximate surface area is 78.6 Å². The predicted octanol–water partition coefficient (Wildman–Crippen LogP) is 1.88. The highest BCUT2D eigenvalue weighted by Gasteiger charge is 2.18. The second-order valence-electron chi connectivity index (χ2n) is 2.91. The minimum atomic E-state index is -2.69. The van der Waals surface area contributed by atoms with Crippen molar-refractivity contribution in [3.8, 4) is 0 Å². The van der Waals surface area contributed by atoms with Crippen LogP contribution in [0.2, 0.25) is 0 Å². The molecule has 0 radical (unpaired) electrons. The van der Waals surface area contributed by atoms with E-state index < -0.39 is 24.0 Å². The van der Waals surface area contributed by atoms with E-state index in [1.807, 2.05) is 0 Å². The Kier molecular flexibility index (Phi) is 3.16. The first-order valence-corrected chi connectivity index (χ1v) is 3.96. The van der Waals surface area contributed by atoms with Crippen LogP contribution in [0.5, 0.6) is 0 Å². The number of aromatic nitrogens is 1. The van der Waals surface area contributed by atoms with E-state index in [9.17, 15) is 13.6 Å². The molecule has 1 aromatic heterocycles. The van der Waals surface area contributed by atoms with Crippen molar-refractivity contribution < 1.29 is 23.1 Å². The summed E-state index contributed by atoms with van der Waals surface area (Å²) in [6.07, 6.45) is -1.83. The topological polar surface area (TPSA) is 63.3 Å². The molecular weight excluding hydrogens is 196 g/mol. The Morgan fingerprint density at radius 3 is 2.79 bits per heavy atom. The maximum atomic E-state index is 12.0. The van der Waals surface area contributed by atoms with Gasteiger partial charge in [0.2, 0.25) is 0 Å². The lowest BCUT2D eigenvalue weighted by atomic mass is 10.1. The molecule has 0 aliphatic rings. The number of halogens is 2. The standard InChI is InChI=1S/C8H9F2NO3/c1-4(8(12)13)2-6-11-5(3-14-6)7(9)10/h3-4,7H,2H2,1H3,(H,12,13). The highest BCUT2D eigenvalue weighted by atomic mass is 19.3. The van der Waals surface area contributed by atoms with Crippen molar-refractivity contribution in [3.05, 3.63) is 17.8 Å². The second-order valence-corrected chi connectivity index (χ2v) is 2.91. The number of alkyl halides is 2. The van der Waals surface area contributed by atoms with Gasteiger partial charge in [0.05, 0.1) is 5.92 Å². The maximum Gasteiger partial charge on any atom is 0.306 e. The first kappa shape index (κ1) is 10.6. The third-order valence-corrected chi connectivity index (χ3v) is 1.70. The van der Waals surface area contributed by atoms with E-state index in [-0.39, 0.29) is 12.3 Å². The van der Waals surface area contributed by atoms with Crippen LogP contribution < -0.4 is 0 Å². The highest BCUT2D eigenvalue weighted by Crippen LogP contribution is 2.18. The Hall–Kier alpha value is -1.46. The van der Waals surface area contributed by atoms with E-state index >= 15 is 0 Å². The van der Waals surface area contributed by atoms with Crippen molar-refractivity contribution in [2.45, 2.75) is 19.8 Å².